The van der Waals surface area contributed by atoms with Gasteiger partial charge in [0.2, 0.25) is 5.91 Å². The van der Waals surface area contributed by atoms with E-state index in [9.17, 15) is 4.79 Å². The maximum atomic E-state index is 10.4. The Morgan fingerprint density at radius 2 is 2.38 bits per heavy atom. The van der Waals surface area contributed by atoms with Crippen molar-refractivity contribution in [2.45, 2.75) is 18.9 Å². The Balaban J connectivity index is 2.16. The molecule has 2 heteroatoms. The van der Waals surface area contributed by atoms with Gasteiger partial charge in [-0.3, -0.25) is 4.79 Å². The van der Waals surface area contributed by atoms with E-state index in [0.29, 0.717) is 6.04 Å². The number of hydrogen-bond donors (Lipinski definition) is 1. The van der Waals surface area contributed by atoms with E-state index in [-0.39, 0.29) is 5.91 Å². The molecule has 0 bridgehead atoms. The molecule has 1 saturated carbocycles. The molecule has 0 radical (unpaired) electrons. The maximum absolute atomic E-state index is 10.4. The molecule has 0 heterocycles. The van der Waals surface area contributed by atoms with E-state index in [0.717, 1.165) is 12.8 Å². The van der Waals surface area contributed by atoms with Crippen molar-refractivity contribution in [3.05, 3.63) is 12.7 Å². The van der Waals surface area contributed by atoms with Gasteiger partial charge in [0.25, 0.3) is 0 Å². The van der Waals surface area contributed by atoms with Gasteiger partial charge >= 0.3 is 0 Å². The van der Waals surface area contributed by atoms with E-state index in [1.807, 2.05) is 0 Å². The SMILES string of the molecule is C=CC(=O)NC1CC1. The van der Waals surface area contributed by atoms with E-state index in [4.69, 9.17) is 0 Å². The predicted molar refractivity (Wildman–Crippen MR) is 31.4 cm³/mol. The summed E-state index contributed by atoms with van der Waals surface area (Å²) in [5.74, 6) is -0.0486. The van der Waals surface area contributed by atoms with Crippen LogP contribution < -0.4 is 5.32 Å². The molecule has 1 aliphatic rings. The zero-order chi connectivity index (χ0) is 5.98. The van der Waals surface area contributed by atoms with Crippen LogP contribution in [0.15, 0.2) is 12.7 Å². The largest absolute Gasteiger partial charge is 0.350 e. The minimum atomic E-state index is -0.0486. The monoisotopic (exact) mass is 111 g/mol. The fraction of sp³-hybridized carbons (Fsp3) is 0.500. The molecule has 0 aromatic heterocycles. The first-order valence-corrected chi connectivity index (χ1v) is 2.76. The molecule has 0 spiro atoms. The molecule has 0 unspecified atom stereocenters. The average molecular weight is 111 g/mol. The molecule has 1 fully saturated rings. The van der Waals surface area contributed by atoms with Crippen molar-refractivity contribution in [3.8, 4) is 0 Å². The van der Waals surface area contributed by atoms with Gasteiger partial charge in [0.1, 0.15) is 0 Å². The summed E-state index contributed by atoms with van der Waals surface area (Å²) >= 11 is 0. The second kappa shape index (κ2) is 1.99. The van der Waals surface area contributed by atoms with Crippen LogP contribution in [0.2, 0.25) is 0 Å². The van der Waals surface area contributed by atoms with Crippen LogP contribution in [0.4, 0.5) is 0 Å². The van der Waals surface area contributed by atoms with Gasteiger partial charge in [0.15, 0.2) is 0 Å². The van der Waals surface area contributed by atoms with Crippen LogP contribution in [0.1, 0.15) is 12.8 Å². The van der Waals surface area contributed by atoms with Gasteiger partial charge in [-0.1, -0.05) is 6.58 Å². The van der Waals surface area contributed by atoms with Crippen LogP contribution in [0.25, 0.3) is 0 Å². The summed E-state index contributed by atoms with van der Waals surface area (Å²) in [4.78, 5) is 10.4. The minimum Gasteiger partial charge on any atom is -0.350 e. The Bertz CT molecular complexity index is 116. The number of rotatable bonds is 2. The molecular weight excluding hydrogens is 102 g/mol. The molecular formula is C6H9NO. The Morgan fingerprint density at radius 3 is 2.75 bits per heavy atom. The molecule has 2 nitrogen and oxygen atoms in total. The molecule has 0 atom stereocenters. The third-order valence-corrected chi connectivity index (χ3v) is 1.11. The summed E-state index contributed by atoms with van der Waals surface area (Å²) in [6, 6.07) is 0.459. The molecule has 1 N–H and O–H groups in total. The predicted octanol–water partition coefficient (Wildman–Crippen LogP) is 0.451. The van der Waals surface area contributed by atoms with Gasteiger partial charge in [-0.25, -0.2) is 0 Å². The molecule has 0 saturated heterocycles. The van der Waals surface area contributed by atoms with Gasteiger partial charge < -0.3 is 5.32 Å². The molecule has 1 rings (SSSR count). The summed E-state index contributed by atoms with van der Waals surface area (Å²) in [7, 11) is 0. The lowest BCUT2D eigenvalue weighted by Gasteiger charge is -1.93. The van der Waals surface area contributed by atoms with Crippen LogP contribution in [0.3, 0.4) is 0 Å². The number of carbonyl (C=O) groups excluding carboxylic acids is 1. The van der Waals surface area contributed by atoms with Gasteiger partial charge in [0, 0.05) is 6.04 Å². The van der Waals surface area contributed by atoms with Crippen LogP contribution >= 0.6 is 0 Å². The van der Waals surface area contributed by atoms with Gasteiger partial charge in [-0.05, 0) is 18.9 Å². The van der Waals surface area contributed by atoms with Crippen molar-refractivity contribution in [1.29, 1.82) is 0 Å². The summed E-state index contributed by atoms with van der Waals surface area (Å²) in [5.41, 5.74) is 0. The average Bonchev–Trinajstić information content (AvgIpc) is 2.50. The third kappa shape index (κ3) is 1.37. The highest BCUT2D eigenvalue weighted by Crippen LogP contribution is 2.18. The smallest absolute Gasteiger partial charge is 0.243 e. The van der Waals surface area contributed by atoms with Crippen LogP contribution in [-0.2, 0) is 4.79 Å². The first kappa shape index (κ1) is 5.35. The molecule has 0 aliphatic heterocycles. The lowest BCUT2D eigenvalue weighted by molar-refractivity contribution is -0.116. The Morgan fingerprint density at radius 1 is 1.75 bits per heavy atom. The quantitative estimate of drug-likeness (QED) is 0.515. The fourth-order valence-electron chi connectivity index (χ4n) is 0.488. The molecule has 44 valence electrons. The summed E-state index contributed by atoms with van der Waals surface area (Å²) in [5, 5.41) is 2.75. The van der Waals surface area contributed by atoms with Crippen LogP contribution in [-0.4, -0.2) is 11.9 Å². The Hall–Kier alpha value is -0.790. The van der Waals surface area contributed by atoms with Crippen molar-refractivity contribution in [1.82, 2.24) is 5.32 Å². The minimum absolute atomic E-state index is 0.0486. The molecule has 1 aliphatic carbocycles. The standard InChI is InChI=1S/C6H9NO/c1-2-6(8)7-5-3-4-5/h2,5H,1,3-4H2,(H,7,8). The van der Waals surface area contributed by atoms with E-state index in [1.54, 1.807) is 0 Å². The molecule has 0 aromatic carbocycles. The third-order valence-electron chi connectivity index (χ3n) is 1.11. The van der Waals surface area contributed by atoms with E-state index in [2.05, 4.69) is 11.9 Å². The van der Waals surface area contributed by atoms with Gasteiger partial charge in [-0.15, -0.1) is 0 Å². The topological polar surface area (TPSA) is 29.1 Å². The highest BCUT2D eigenvalue weighted by molar-refractivity contribution is 5.87. The van der Waals surface area contributed by atoms with Crippen molar-refractivity contribution < 1.29 is 4.79 Å². The number of carbonyl (C=O) groups is 1. The second-order valence-corrected chi connectivity index (χ2v) is 1.99. The highest BCUT2D eigenvalue weighted by Gasteiger charge is 2.21. The Kier molecular flexibility index (Phi) is 1.33. The molecule has 8 heavy (non-hydrogen) atoms. The lowest BCUT2D eigenvalue weighted by Crippen LogP contribution is -2.22. The van der Waals surface area contributed by atoms with E-state index < -0.39 is 0 Å². The number of amides is 1. The van der Waals surface area contributed by atoms with Crippen LogP contribution in [0, 0.1) is 0 Å². The second-order valence-electron chi connectivity index (χ2n) is 1.99. The number of hydrogen-bond acceptors (Lipinski definition) is 1. The zero-order valence-corrected chi connectivity index (χ0v) is 4.68. The van der Waals surface area contributed by atoms with Gasteiger partial charge in [-0.2, -0.15) is 0 Å². The van der Waals surface area contributed by atoms with Crippen molar-refractivity contribution in [2.75, 3.05) is 0 Å². The summed E-state index contributed by atoms with van der Waals surface area (Å²) < 4.78 is 0. The molecule has 0 aromatic rings. The van der Waals surface area contributed by atoms with Crippen molar-refractivity contribution in [3.63, 3.8) is 0 Å². The summed E-state index contributed by atoms with van der Waals surface area (Å²) in [6.07, 6.45) is 3.58. The maximum Gasteiger partial charge on any atom is 0.243 e. The molecule has 1 amide bonds. The normalized spacial score (nSPS) is 17.5. The van der Waals surface area contributed by atoms with Crippen molar-refractivity contribution in [2.24, 2.45) is 0 Å². The van der Waals surface area contributed by atoms with Gasteiger partial charge in [0.05, 0.1) is 0 Å². The number of nitrogens with one attached hydrogen (secondary N) is 1. The fourth-order valence-corrected chi connectivity index (χ4v) is 0.488. The first-order valence-electron chi connectivity index (χ1n) is 2.76. The highest BCUT2D eigenvalue weighted by atomic mass is 16.1. The Labute approximate surface area is 48.6 Å². The van der Waals surface area contributed by atoms with Crippen molar-refractivity contribution >= 4 is 5.91 Å². The zero-order valence-electron chi connectivity index (χ0n) is 4.68. The first-order chi connectivity index (χ1) is 3.83. The van der Waals surface area contributed by atoms with E-state index >= 15 is 0 Å². The lowest BCUT2D eigenvalue weighted by atomic mass is 10.5. The van der Waals surface area contributed by atoms with Crippen LogP contribution in [0.5, 0.6) is 0 Å². The van der Waals surface area contributed by atoms with E-state index in [1.165, 1.54) is 6.08 Å². The summed E-state index contributed by atoms with van der Waals surface area (Å²) in [6.45, 7) is 3.33.